The van der Waals surface area contributed by atoms with Gasteiger partial charge in [0, 0.05) is 13.1 Å². The zero-order valence-corrected chi connectivity index (χ0v) is 15.0. The van der Waals surface area contributed by atoms with Gasteiger partial charge in [0.2, 0.25) is 10.0 Å². The van der Waals surface area contributed by atoms with Crippen LogP contribution in [0.2, 0.25) is 0 Å². The van der Waals surface area contributed by atoms with Crippen LogP contribution in [-0.4, -0.2) is 45.6 Å². The average molecular weight is 372 g/mol. The van der Waals surface area contributed by atoms with Gasteiger partial charge in [-0.15, -0.1) is 6.42 Å². The van der Waals surface area contributed by atoms with Crippen LogP contribution in [-0.2, 0) is 14.8 Å². The Bertz CT molecular complexity index is 886. The third-order valence-electron chi connectivity index (χ3n) is 3.91. The predicted molar refractivity (Wildman–Crippen MR) is 99.9 cm³/mol. The molecule has 0 atom stereocenters. The Morgan fingerprint density at radius 1 is 1.15 bits per heavy atom. The molecule has 1 aliphatic rings. The summed E-state index contributed by atoms with van der Waals surface area (Å²) in [6, 6.07) is 14.0. The summed E-state index contributed by atoms with van der Waals surface area (Å²) in [5.74, 6) is 3.65. The zero-order valence-electron chi connectivity index (χ0n) is 14.2. The van der Waals surface area contributed by atoms with Crippen molar-refractivity contribution < 1.29 is 17.9 Å². The normalized spacial score (nSPS) is 15.2. The van der Waals surface area contributed by atoms with Crippen LogP contribution in [0.15, 0.2) is 53.4 Å². The van der Waals surface area contributed by atoms with Crippen LogP contribution in [0.3, 0.4) is 0 Å². The molecular weight excluding hydrogens is 352 g/mol. The summed E-state index contributed by atoms with van der Waals surface area (Å²) < 4.78 is 38.2. The molecule has 2 aromatic carbocycles. The predicted octanol–water partition coefficient (Wildman–Crippen LogP) is 2.54. The monoisotopic (exact) mass is 372 g/mol. The molecule has 1 aliphatic heterocycles. The summed E-state index contributed by atoms with van der Waals surface area (Å²) >= 11 is 0. The topological polar surface area (TPSA) is 67.9 Å². The number of hydrogen-bond donors (Lipinski definition) is 1. The maximum Gasteiger partial charge on any atom is 0.243 e. The highest BCUT2D eigenvalue weighted by molar-refractivity contribution is 7.89. The van der Waals surface area contributed by atoms with Crippen molar-refractivity contribution in [3.8, 4) is 23.8 Å². The Kier molecular flexibility index (Phi) is 5.78. The van der Waals surface area contributed by atoms with E-state index in [0.717, 1.165) is 0 Å². The molecule has 0 bridgehead atoms. The number of nitrogens with one attached hydrogen (secondary N) is 1. The van der Waals surface area contributed by atoms with Gasteiger partial charge in [-0.1, -0.05) is 24.1 Å². The molecule has 0 aliphatic carbocycles. The van der Waals surface area contributed by atoms with Gasteiger partial charge < -0.3 is 14.8 Å². The van der Waals surface area contributed by atoms with Gasteiger partial charge in [0.15, 0.2) is 5.75 Å². The van der Waals surface area contributed by atoms with E-state index in [1.807, 2.05) is 30.3 Å². The summed E-state index contributed by atoms with van der Waals surface area (Å²) in [5.41, 5.74) is 0.529. The minimum absolute atomic E-state index is 0.194. The van der Waals surface area contributed by atoms with Crippen LogP contribution in [0, 0.1) is 12.3 Å². The largest absolute Gasteiger partial charge is 0.455 e. The number of para-hydroxylation sites is 1. The molecule has 0 saturated carbocycles. The van der Waals surface area contributed by atoms with E-state index in [4.69, 9.17) is 15.9 Å². The number of anilines is 1. The fraction of sp³-hybridized carbons (Fsp3) is 0.263. The first-order chi connectivity index (χ1) is 12.6. The van der Waals surface area contributed by atoms with Crippen LogP contribution in [0.1, 0.15) is 0 Å². The van der Waals surface area contributed by atoms with E-state index in [2.05, 4.69) is 11.2 Å². The summed E-state index contributed by atoms with van der Waals surface area (Å²) in [4.78, 5) is 0.194. The summed E-state index contributed by atoms with van der Waals surface area (Å²) in [7, 11) is -3.59. The van der Waals surface area contributed by atoms with Gasteiger partial charge in [0.25, 0.3) is 0 Å². The lowest BCUT2D eigenvalue weighted by Crippen LogP contribution is -2.40. The quantitative estimate of drug-likeness (QED) is 0.790. The van der Waals surface area contributed by atoms with Crippen molar-refractivity contribution in [2.24, 2.45) is 0 Å². The Morgan fingerprint density at radius 3 is 2.58 bits per heavy atom. The fourth-order valence-electron chi connectivity index (χ4n) is 2.59. The van der Waals surface area contributed by atoms with Crippen molar-refractivity contribution in [2.45, 2.75) is 4.90 Å². The third kappa shape index (κ3) is 4.17. The van der Waals surface area contributed by atoms with Crippen molar-refractivity contribution in [1.29, 1.82) is 0 Å². The molecule has 2 aromatic rings. The minimum atomic E-state index is -3.59. The van der Waals surface area contributed by atoms with Gasteiger partial charge in [-0.25, -0.2) is 8.42 Å². The molecule has 0 aromatic heterocycles. The molecule has 0 amide bonds. The second-order valence-corrected chi connectivity index (χ2v) is 7.59. The molecule has 1 fully saturated rings. The Hall–Kier alpha value is -2.53. The van der Waals surface area contributed by atoms with E-state index in [9.17, 15) is 8.42 Å². The smallest absolute Gasteiger partial charge is 0.243 e. The van der Waals surface area contributed by atoms with Gasteiger partial charge in [-0.3, -0.25) is 0 Å². The minimum Gasteiger partial charge on any atom is -0.455 e. The van der Waals surface area contributed by atoms with Crippen LogP contribution in [0.5, 0.6) is 11.5 Å². The number of ether oxygens (including phenoxy) is 2. The lowest BCUT2D eigenvalue weighted by atomic mass is 10.3. The van der Waals surface area contributed by atoms with E-state index >= 15 is 0 Å². The van der Waals surface area contributed by atoms with Crippen molar-refractivity contribution in [2.75, 3.05) is 38.2 Å². The lowest BCUT2D eigenvalue weighted by Gasteiger charge is -2.26. The van der Waals surface area contributed by atoms with E-state index in [0.29, 0.717) is 43.5 Å². The highest BCUT2D eigenvalue weighted by Gasteiger charge is 2.27. The van der Waals surface area contributed by atoms with Gasteiger partial charge >= 0.3 is 0 Å². The zero-order chi connectivity index (χ0) is 18.4. The summed E-state index contributed by atoms with van der Waals surface area (Å²) in [6.07, 6.45) is 5.33. The SMILES string of the molecule is C#CCNc1cc(S(=O)(=O)N2CCOCC2)ccc1Oc1ccccc1. The highest BCUT2D eigenvalue weighted by Crippen LogP contribution is 2.32. The number of benzene rings is 2. The van der Waals surface area contributed by atoms with Crippen molar-refractivity contribution in [3.05, 3.63) is 48.5 Å². The van der Waals surface area contributed by atoms with E-state index in [-0.39, 0.29) is 11.4 Å². The molecule has 26 heavy (non-hydrogen) atoms. The van der Waals surface area contributed by atoms with Crippen molar-refractivity contribution in [3.63, 3.8) is 0 Å². The first kappa shape index (κ1) is 18.3. The first-order valence-corrected chi connectivity index (χ1v) is 9.67. The molecule has 136 valence electrons. The van der Waals surface area contributed by atoms with Crippen LogP contribution in [0.25, 0.3) is 0 Å². The van der Waals surface area contributed by atoms with Crippen LogP contribution in [0.4, 0.5) is 5.69 Å². The number of morpholine rings is 1. The van der Waals surface area contributed by atoms with Crippen molar-refractivity contribution in [1.82, 2.24) is 4.31 Å². The number of nitrogens with zero attached hydrogens (tertiary/aromatic N) is 1. The standard InChI is InChI=1S/C19H20N2O4S/c1-2-10-20-18-15-17(26(22,23)21-11-13-24-14-12-21)8-9-19(18)25-16-6-4-3-5-7-16/h1,3-9,15,20H,10-14H2. The molecule has 1 saturated heterocycles. The number of sulfonamides is 1. The van der Waals surface area contributed by atoms with E-state index in [1.165, 1.54) is 4.31 Å². The van der Waals surface area contributed by atoms with E-state index in [1.54, 1.807) is 18.2 Å². The highest BCUT2D eigenvalue weighted by atomic mass is 32.2. The van der Waals surface area contributed by atoms with Crippen molar-refractivity contribution >= 4 is 15.7 Å². The average Bonchev–Trinajstić information content (AvgIpc) is 2.68. The number of hydrogen-bond acceptors (Lipinski definition) is 5. The molecule has 1 N–H and O–H groups in total. The first-order valence-electron chi connectivity index (χ1n) is 8.23. The van der Waals surface area contributed by atoms with Gasteiger partial charge in [0.1, 0.15) is 5.75 Å². The lowest BCUT2D eigenvalue weighted by molar-refractivity contribution is 0.0730. The summed E-state index contributed by atoms with van der Waals surface area (Å²) in [6.45, 7) is 1.74. The Labute approximate surface area is 153 Å². The maximum atomic E-state index is 12.8. The molecule has 1 heterocycles. The summed E-state index contributed by atoms with van der Waals surface area (Å²) in [5, 5.41) is 3.03. The molecule has 0 spiro atoms. The van der Waals surface area contributed by atoms with Crippen LogP contribution >= 0.6 is 0 Å². The van der Waals surface area contributed by atoms with Gasteiger partial charge in [-0.05, 0) is 30.3 Å². The molecule has 7 heteroatoms. The number of rotatable bonds is 6. The molecular formula is C19H20N2O4S. The van der Waals surface area contributed by atoms with E-state index < -0.39 is 10.0 Å². The maximum absolute atomic E-state index is 12.8. The third-order valence-corrected chi connectivity index (χ3v) is 5.81. The molecule has 6 nitrogen and oxygen atoms in total. The Balaban J connectivity index is 1.91. The van der Waals surface area contributed by atoms with Crippen LogP contribution < -0.4 is 10.1 Å². The molecule has 3 rings (SSSR count). The second kappa shape index (κ2) is 8.23. The molecule has 0 unspecified atom stereocenters. The van der Waals surface area contributed by atoms with Gasteiger partial charge in [0.05, 0.1) is 30.3 Å². The fourth-order valence-corrected chi connectivity index (χ4v) is 4.03. The second-order valence-electron chi connectivity index (χ2n) is 5.65. The molecule has 0 radical (unpaired) electrons. The number of terminal acetylenes is 1. The Morgan fingerprint density at radius 2 is 1.88 bits per heavy atom. The van der Waals surface area contributed by atoms with Gasteiger partial charge in [-0.2, -0.15) is 4.31 Å².